The minimum absolute atomic E-state index is 0. The average Bonchev–Trinajstić information content (AvgIpc) is 3.27. The first kappa shape index (κ1) is 20.8. The van der Waals surface area contributed by atoms with Gasteiger partial charge in [-0.1, -0.05) is 13.8 Å². The van der Waals surface area contributed by atoms with E-state index in [0.717, 1.165) is 23.1 Å². The van der Waals surface area contributed by atoms with Crippen molar-refractivity contribution in [2.24, 2.45) is 5.92 Å². The molecule has 4 rings (SSSR count). The third kappa shape index (κ3) is 4.56. The number of ether oxygens (including phenoxy) is 1. The number of nitrogens with zero attached hydrogens (tertiary/aromatic N) is 5. The van der Waals surface area contributed by atoms with Crippen LogP contribution in [0.2, 0.25) is 0 Å². The van der Waals surface area contributed by atoms with Crippen molar-refractivity contribution in [3.8, 4) is 23.1 Å². The van der Waals surface area contributed by atoms with E-state index in [4.69, 9.17) is 4.74 Å². The summed E-state index contributed by atoms with van der Waals surface area (Å²) in [5.74, 6) is 2.64. The number of aromatic nitrogens is 6. The fraction of sp³-hybridized carbons (Fsp3) is 0.333. The number of benzene rings is 1. The first-order valence-corrected chi connectivity index (χ1v) is 9.51. The first-order valence-electron chi connectivity index (χ1n) is 9.51. The summed E-state index contributed by atoms with van der Waals surface area (Å²) in [4.78, 5) is 9.11. The molecule has 0 spiro atoms. The quantitative estimate of drug-likeness (QED) is 0.500. The van der Waals surface area contributed by atoms with Crippen molar-refractivity contribution in [3.05, 3.63) is 48.4 Å². The summed E-state index contributed by atoms with van der Waals surface area (Å²) in [7, 11) is 0. The standard InChI is InChI=1S/C21H24N6O.ClH/c1-13(2)9-15-11-23-27(12-15)19-7-8-22-21(24-19)20-17-10-16(28-14(3)4)5-6-18(17)25-26-20;/h5-8,10-14H,9H2,1-4H3,(H,25,26);1H. The summed E-state index contributed by atoms with van der Waals surface area (Å²) in [6, 6.07) is 7.71. The van der Waals surface area contributed by atoms with Gasteiger partial charge in [0.05, 0.1) is 17.8 Å². The molecule has 0 aliphatic heterocycles. The van der Waals surface area contributed by atoms with Gasteiger partial charge in [-0.3, -0.25) is 5.10 Å². The van der Waals surface area contributed by atoms with Crippen LogP contribution in [0.25, 0.3) is 28.2 Å². The van der Waals surface area contributed by atoms with Gasteiger partial charge in [-0.05, 0) is 49.9 Å². The summed E-state index contributed by atoms with van der Waals surface area (Å²) in [6.45, 7) is 8.40. The van der Waals surface area contributed by atoms with Crippen molar-refractivity contribution in [1.29, 1.82) is 0 Å². The van der Waals surface area contributed by atoms with Gasteiger partial charge in [0.1, 0.15) is 11.4 Å². The maximum absolute atomic E-state index is 5.81. The Morgan fingerprint density at radius 1 is 1.14 bits per heavy atom. The Hall–Kier alpha value is -2.93. The Bertz CT molecular complexity index is 1100. The highest BCUT2D eigenvalue weighted by Gasteiger charge is 2.14. The van der Waals surface area contributed by atoms with E-state index in [0.29, 0.717) is 23.3 Å². The molecule has 0 atom stereocenters. The van der Waals surface area contributed by atoms with Crippen LogP contribution < -0.4 is 4.74 Å². The molecule has 8 heteroatoms. The van der Waals surface area contributed by atoms with Crippen LogP contribution in [0.4, 0.5) is 0 Å². The van der Waals surface area contributed by atoms with Gasteiger partial charge in [0.15, 0.2) is 11.6 Å². The number of halogens is 1. The molecule has 4 aromatic rings. The van der Waals surface area contributed by atoms with E-state index in [2.05, 4.69) is 39.1 Å². The lowest BCUT2D eigenvalue weighted by atomic mass is 10.1. The zero-order valence-electron chi connectivity index (χ0n) is 17.0. The third-order valence-electron chi connectivity index (χ3n) is 4.27. The molecule has 0 unspecified atom stereocenters. The van der Waals surface area contributed by atoms with Crippen molar-refractivity contribution in [1.82, 2.24) is 29.9 Å². The second-order valence-electron chi connectivity index (χ2n) is 7.58. The molecule has 1 N–H and O–H groups in total. The Balaban J connectivity index is 0.00000240. The Labute approximate surface area is 175 Å². The van der Waals surface area contributed by atoms with E-state index in [9.17, 15) is 0 Å². The van der Waals surface area contributed by atoms with Crippen LogP contribution >= 0.6 is 12.4 Å². The van der Waals surface area contributed by atoms with Gasteiger partial charge in [0.25, 0.3) is 0 Å². The number of fused-ring (bicyclic) bond motifs is 1. The lowest BCUT2D eigenvalue weighted by Gasteiger charge is -2.09. The van der Waals surface area contributed by atoms with Crippen LogP contribution in [-0.4, -0.2) is 36.0 Å². The predicted octanol–water partition coefficient (Wildman–Crippen LogP) is 4.61. The van der Waals surface area contributed by atoms with Crippen LogP contribution in [0.5, 0.6) is 5.75 Å². The number of rotatable bonds is 6. The van der Waals surface area contributed by atoms with E-state index >= 15 is 0 Å². The molecular formula is C21H25ClN6O. The highest BCUT2D eigenvalue weighted by atomic mass is 35.5. The molecule has 0 bridgehead atoms. The number of nitrogens with one attached hydrogen (secondary N) is 1. The van der Waals surface area contributed by atoms with Gasteiger partial charge in [0, 0.05) is 23.8 Å². The lowest BCUT2D eigenvalue weighted by Crippen LogP contribution is -2.05. The molecule has 0 amide bonds. The maximum Gasteiger partial charge on any atom is 0.182 e. The minimum Gasteiger partial charge on any atom is -0.491 e. The smallest absolute Gasteiger partial charge is 0.182 e. The average molecular weight is 413 g/mol. The Morgan fingerprint density at radius 2 is 1.97 bits per heavy atom. The van der Waals surface area contributed by atoms with Crippen LogP contribution in [0, 0.1) is 5.92 Å². The van der Waals surface area contributed by atoms with Gasteiger partial charge >= 0.3 is 0 Å². The largest absolute Gasteiger partial charge is 0.491 e. The SMILES string of the molecule is CC(C)Cc1cnn(-c2ccnc(-c3n[nH]c4ccc(OC(C)C)cc34)n2)c1.Cl. The fourth-order valence-corrected chi connectivity index (χ4v) is 3.16. The molecule has 0 radical (unpaired) electrons. The molecule has 0 aliphatic carbocycles. The molecular weight excluding hydrogens is 388 g/mol. The van der Waals surface area contributed by atoms with Gasteiger partial charge < -0.3 is 4.74 Å². The highest BCUT2D eigenvalue weighted by molar-refractivity contribution is 5.92. The molecule has 0 aliphatic rings. The highest BCUT2D eigenvalue weighted by Crippen LogP contribution is 2.28. The number of hydrogen-bond donors (Lipinski definition) is 1. The topological polar surface area (TPSA) is 81.5 Å². The monoisotopic (exact) mass is 412 g/mol. The van der Waals surface area contributed by atoms with E-state index < -0.39 is 0 Å². The maximum atomic E-state index is 5.81. The Morgan fingerprint density at radius 3 is 2.72 bits per heavy atom. The molecule has 1 aromatic carbocycles. The van der Waals surface area contributed by atoms with Crippen molar-refractivity contribution < 1.29 is 4.74 Å². The second kappa shape index (κ2) is 8.61. The zero-order valence-corrected chi connectivity index (χ0v) is 17.8. The van der Waals surface area contributed by atoms with Gasteiger partial charge in [-0.15, -0.1) is 12.4 Å². The second-order valence-corrected chi connectivity index (χ2v) is 7.58. The minimum atomic E-state index is 0. The van der Waals surface area contributed by atoms with E-state index in [-0.39, 0.29) is 18.5 Å². The summed E-state index contributed by atoms with van der Waals surface area (Å²) >= 11 is 0. The van der Waals surface area contributed by atoms with E-state index in [1.54, 1.807) is 10.9 Å². The summed E-state index contributed by atoms with van der Waals surface area (Å²) in [5, 5.41) is 12.9. The molecule has 7 nitrogen and oxygen atoms in total. The van der Waals surface area contributed by atoms with Crippen molar-refractivity contribution >= 4 is 23.3 Å². The normalized spacial score (nSPS) is 11.2. The van der Waals surface area contributed by atoms with Gasteiger partial charge in [-0.25, -0.2) is 14.6 Å². The number of aromatic amines is 1. The molecule has 152 valence electrons. The molecule has 0 saturated carbocycles. The van der Waals surface area contributed by atoms with Crippen LogP contribution in [0.3, 0.4) is 0 Å². The summed E-state index contributed by atoms with van der Waals surface area (Å²) < 4.78 is 7.60. The Kier molecular flexibility index (Phi) is 6.17. The first-order chi connectivity index (χ1) is 13.5. The van der Waals surface area contributed by atoms with Gasteiger partial charge in [0.2, 0.25) is 0 Å². The lowest BCUT2D eigenvalue weighted by molar-refractivity contribution is 0.243. The van der Waals surface area contributed by atoms with Crippen LogP contribution in [0.1, 0.15) is 33.3 Å². The number of hydrogen-bond acceptors (Lipinski definition) is 5. The third-order valence-corrected chi connectivity index (χ3v) is 4.27. The van der Waals surface area contributed by atoms with Gasteiger partial charge in [-0.2, -0.15) is 10.2 Å². The molecule has 3 heterocycles. The summed E-state index contributed by atoms with van der Waals surface area (Å²) in [6.07, 6.45) is 6.73. The molecule has 0 fully saturated rings. The predicted molar refractivity (Wildman–Crippen MR) is 116 cm³/mol. The van der Waals surface area contributed by atoms with Crippen LogP contribution in [0.15, 0.2) is 42.9 Å². The number of H-pyrrole nitrogens is 1. The summed E-state index contributed by atoms with van der Waals surface area (Å²) in [5.41, 5.74) is 2.80. The van der Waals surface area contributed by atoms with Crippen molar-refractivity contribution in [2.75, 3.05) is 0 Å². The zero-order chi connectivity index (χ0) is 19.7. The van der Waals surface area contributed by atoms with Crippen molar-refractivity contribution in [3.63, 3.8) is 0 Å². The molecule has 3 aromatic heterocycles. The van der Waals surface area contributed by atoms with Crippen molar-refractivity contribution in [2.45, 2.75) is 40.2 Å². The van der Waals surface area contributed by atoms with Crippen LogP contribution in [-0.2, 0) is 6.42 Å². The molecule has 0 saturated heterocycles. The van der Waals surface area contributed by atoms with E-state index in [1.165, 1.54) is 5.56 Å². The van der Waals surface area contributed by atoms with E-state index in [1.807, 2.05) is 50.5 Å². The fourth-order valence-electron chi connectivity index (χ4n) is 3.16. The molecule has 29 heavy (non-hydrogen) atoms.